The molecular formula is C4H10Cl2HfO-2. The van der Waals surface area contributed by atoms with E-state index in [4.69, 9.17) is 5.11 Å². The van der Waals surface area contributed by atoms with Crippen molar-refractivity contribution in [2.75, 3.05) is 6.61 Å². The van der Waals surface area contributed by atoms with Crippen molar-refractivity contribution in [1.82, 2.24) is 0 Å². The van der Waals surface area contributed by atoms with Crippen LogP contribution >= 0.6 is 0 Å². The third-order valence-electron chi connectivity index (χ3n) is 0.365. The molecule has 1 nitrogen and oxygen atoms in total. The van der Waals surface area contributed by atoms with E-state index in [1.54, 1.807) is 0 Å². The van der Waals surface area contributed by atoms with Crippen molar-refractivity contribution in [3.05, 3.63) is 0 Å². The molecule has 8 heavy (non-hydrogen) atoms. The Hall–Kier alpha value is 1.41. The van der Waals surface area contributed by atoms with Gasteiger partial charge in [0, 0.05) is 32.5 Å². The van der Waals surface area contributed by atoms with Gasteiger partial charge in [-0.15, -0.1) is 0 Å². The summed E-state index contributed by atoms with van der Waals surface area (Å²) in [6.07, 6.45) is 0. The maximum absolute atomic E-state index is 8.14. The fourth-order valence-corrected chi connectivity index (χ4v) is 0. The molecule has 0 heterocycles. The van der Waals surface area contributed by atoms with Crippen molar-refractivity contribution in [2.45, 2.75) is 13.8 Å². The molecule has 52 valence electrons. The second kappa shape index (κ2) is 15.8. The van der Waals surface area contributed by atoms with E-state index >= 15 is 0 Å². The van der Waals surface area contributed by atoms with Gasteiger partial charge < -0.3 is 29.9 Å². The number of aliphatic hydroxyl groups is 1. The fourth-order valence-electron chi connectivity index (χ4n) is 0. The number of halogens is 2. The van der Waals surface area contributed by atoms with Crippen LogP contribution < -0.4 is 24.8 Å². The molecule has 0 fully saturated rings. The van der Waals surface area contributed by atoms with Gasteiger partial charge in [-0.25, -0.2) is 0 Å². The molecule has 1 N–H and O–H groups in total. The maximum atomic E-state index is 8.14. The first-order chi connectivity index (χ1) is 2.27. The van der Waals surface area contributed by atoms with E-state index in [9.17, 15) is 0 Å². The molecule has 0 aliphatic carbocycles. The van der Waals surface area contributed by atoms with Gasteiger partial charge in [-0.05, 0) is 5.92 Å². The minimum Gasteiger partial charge on any atom is -1.00 e. The number of hydrogen-bond donors (Lipinski definition) is 1. The van der Waals surface area contributed by atoms with E-state index < -0.39 is 0 Å². The summed E-state index contributed by atoms with van der Waals surface area (Å²) in [6.45, 7) is 4.25. The van der Waals surface area contributed by atoms with Crippen LogP contribution in [0.25, 0.3) is 0 Å². The molecule has 0 atom stereocenters. The molecule has 0 aliphatic rings. The minimum absolute atomic E-state index is 0. The zero-order valence-corrected chi connectivity index (χ0v) is 10.1. The molecule has 0 spiro atoms. The average molecular weight is 324 g/mol. The van der Waals surface area contributed by atoms with Gasteiger partial charge in [0.05, 0.1) is 0 Å². The summed E-state index contributed by atoms with van der Waals surface area (Å²) < 4.78 is 0. The van der Waals surface area contributed by atoms with Crippen molar-refractivity contribution in [3.63, 3.8) is 0 Å². The number of hydrogen-bond acceptors (Lipinski definition) is 1. The van der Waals surface area contributed by atoms with Crippen LogP contribution in [0.5, 0.6) is 0 Å². The van der Waals surface area contributed by atoms with Crippen LogP contribution in [0.1, 0.15) is 13.8 Å². The first kappa shape index (κ1) is 22.7. The SMILES string of the molecule is CC(C)CO.[Cl-].[Cl-].[Hf]. The van der Waals surface area contributed by atoms with Gasteiger partial charge >= 0.3 is 0 Å². The Morgan fingerprint density at radius 3 is 1.38 bits per heavy atom. The van der Waals surface area contributed by atoms with Crippen LogP contribution in [0, 0.1) is 5.92 Å². The summed E-state index contributed by atoms with van der Waals surface area (Å²) >= 11 is 0. The third-order valence-corrected chi connectivity index (χ3v) is 0.365. The topological polar surface area (TPSA) is 20.2 Å². The Balaban J connectivity index is -0.0000000267. The number of rotatable bonds is 1. The molecule has 0 aromatic heterocycles. The van der Waals surface area contributed by atoms with E-state index in [0.29, 0.717) is 12.5 Å². The Bertz CT molecular complexity index is 28.0. The summed E-state index contributed by atoms with van der Waals surface area (Å²) in [5.41, 5.74) is 0. The zero-order valence-electron chi connectivity index (χ0n) is 4.99. The smallest absolute Gasteiger partial charge is 0.0453 e. The quantitative estimate of drug-likeness (QED) is 0.478. The minimum atomic E-state index is 0. The predicted octanol–water partition coefficient (Wildman–Crippen LogP) is -5.36. The molecule has 0 amide bonds. The van der Waals surface area contributed by atoms with Gasteiger partial charge in [0.25, 0.3) is 0 Å². The van der Waals surface area contributed by atoms with E-state index in [0.717, 1.165) is 0 Å². The van der Waals surface area contributed by atoms with E-state index in [2.05, 4.69) is 0 Å². The molecule has 0 bridgehead atoms. The van der Waals surface area contributed by atoms with Gasteiger partial charge in [0.2, 0.25) is 0 Å². The Kier molecular flexibility index (Phi) is 44.8. The van der Waals surface area contributed by atoms with Crippen LogP contribution in [0.4, 0.5) is 0 Å². The summed E-state index contributed by atoms with van der Waals surface area (Å²) in [4.78, 5) is 0. The zero-order chi connectivity index (χ0) is 4.28. The molecule has 0 aromatic carbocycles. The fraction of sp³-hybridized carbons (Fsp3) is 1.00. The van der Waals surface area contributed by atoms with Crippen LogP contribution in [-0.2, 0) is 25.8 Å². The van der Waals surface area contributed by atoms with Gasteiger partial charge in [-0.1, -0.05) is 13.8 Å². The Labute approximate surface area is 81.8 Å². The molecular weight excluding hydrogens is 313 g/mol. The first-order valence-electron chi connectivity index (χ1n) is 1.88. The molecule has 0 aromatic rings. The monoisotopic (exact) mass is 324 g/mol. The number of aliphatic hydroxyl groups excluding tert-OH is 1. The molecule has 0 saturated carbocycles. The average Bonchev–Trinajstić information content (AvgIpc) is 1.38. The maximum Gasteiger partial charge on any atom is 0.0453 e. The molecule has 0 radical (unpaired) electrons. The van der Waals surface area contributed by atoms with E-state index in [1.165, 1.54) is 0 Å². The van der Waals surface area contributed by atoms with E-state index in [1.807, 2.05) is 13.8 Å². The van der Waals surface area contributed by atoms with Gasteiger partial charge in [-0.3, -0.25) is 0 Å². The van der Waals surface area contributed by atoms with Crippen molar-refractivity contribution >= 4 is 0 Å². The second-order valence-electron chi connectivity index (χ2n) is 1.58. The Morgan fingerprint density at radius 1 is 1.25 bits per heavy atom. The van der Waals surface area contributed by atoms with Gasteiger partial charge in [-0.2, -0.15) is 0 Å². The Morgan fingerprint density at radius 2 is 1.38 bits per heavy atom. The van der Waals surface area contributed by atoms with Crippen LogP contribution in [-0.4, -0.2) is 11.7 Å². The van der Waals surface area contributed by atoms with Gasteiger partial charge in [0.1, 0.15) is 0 Å². The molecule has 0 saturated heterocycles. The van der Waals surface area contributed by atoms with E-state index in [-0.39, 0.29) is 50.7 Å². The van der Waals surface area contributed by atoms with Crippen molar-refractivity contribution in [1.29, 1.82) is 0 Å². The summed E-state index contributed by atoms with van der Waals surface area (Å²) in [6, 6.07) is 0. The largest absolute Gasteiger partial charge is 1.00 e. The van der Waals surface area contributed by atoms with Crippen LogP contribution in [0.3, 0.4) is 0 Å². The third kappa shape index (κ3) is 26.2. The van der Waals surface area contributed by atoms with Crippen molar-refractivity contribution in [3.8, 4) is 0 Å². The molecule has 0 unspecified atom stereocenters. The standard InChI is InChI=1S/C4H10O.2ClH.Hf/c1-4(2)3-5;;;/h4-5H,3H2,1-2H3;2*1H;/p-2. The van der Waals surface area contributed by atoms with Gasteiger partial charge in [0.15, 0.2) is 0 Å². The van der Waals surface area contributed by atoms with Crippen LogP contribution in [0.2, 0.25) is 0 Å². The summed E-state index contributed by atoms with van der Waals surface area (Å²) in [5.74, 6) is 0.440. The molecule has 0 aliphatic heterocycles. The second-order valence-corrected chi connectivity index (χ2v) is 1.58. The van der Waals surface area contributed by atoms with Crippen LogP contribution in [0.15, 0.2) is 0 Å². The molecule has 4 heteroatoms. The molecule has 0 rings (SSSR count). The summed E-state index contributed by atoms with van der Waals surface area (Å²) in [7, 11) is 0. The van der Waals surface area contributed by atoms with Crippen molar-refractivity contribution < 1.29 is 55.8 Å². The normalized spacial score (nSPS) is 6.00. The predicted molar refractivity (Wildman–Crippen MR) is 21.9 cm³/mol. The van der Waals surface area contributed by atoms with Crippen molar-refractivity contribution in [2.24, 2.45) is 5.92 Å². The summed E-state index contributed by atoms with van der Waals surface area (Å²) in [5, 5.41) is 8.14. The first-order valence-corrected chi connectivity index (χ1v) is 1.88.